The van der Waals surface area contributed by atoms with Gasteiger partial charge in [0.15, 0.2) is 0 Å². The van der Waals surface area contributed by atoms with Crippen LogP contribution < -0.4 is 5.32 Å². The van der Waals surface area contributed by atoms with Gasteiger partial charge in [0, 0.05) is 29.4 Å². The zero-order chi connectivity index (χ0) is 14.8. The van der Waals surface area contributed by atoms with Crippen molar-refractivity contribution in [2.45, 2.75) is 51.1 Å². The molecule has 0 radical (unpaired) electrons. The lowest BCUT2D eigenvalue weighted by atomic mass is 9.97. The van der Waals surface area contributed by atoms with E-state index in [1.54, 1.807) is 9.69 Å². The van der Waals surface area contributed by atoms with Crippen LogP contribution in [-0.4, -0.2) is 31.9 Å². The number of piperidine rings is 1. The summed E-state index contributed by atoms with van der Waals surface area (Å²) in [5.74, 6) is 0.445. The molecule has 0 spiro atoms. The molecule has 6 heteroatoms. The molecule has 20 heavy (non-hydrogen) atoms. The van der Waals surface area contributed by atoms with E-state index in [4.69, 9.17) is 0 Å². The lowest BCUT2D eigenvalue weighted by molar-refractivity contribution is 0.218. The van der Waals surface area contributed by atoms with E-state index < -0.39 is 10.0 Å². The second-order valence-electron chi connectivity index (χ2n) is 5.64. The summed E-state index contributed by atoms with van der Waals surface area (Å²) < 4.78 is 27.2. The predicted octanol–water partition coefficient (Wildman–Crippen LogP) is 2.67. The van der Waals surface area contributed by atoms with Crippen LogP contribution in [0.15, 0.2) is 16.3 Å². The Morgan fingerprint density at radius 3 is 2.85 bits per heavy atom. The van der Waals surface area contributed by atoms with Crippen LogP contribution in [0.4, 0.5) is 0 Å². The molecule has 0 aromatic carbocycles. The Bertz CT molecular complexity index is 539. The van der Waals surface area contributed by atoms with E-state index in [0.29, 0.717) is 17.4 Å². The summed E-state index contributed by atoms with van der Waals surface area (Å²) in [6, 6.07) is 1.92. The monoisotopic (exact) mass is 316 g/mol. The van der Waals surface area contributed by atoms with Crippen LogP contribution in [0.5, 0.6) is 0 Å². The van der Waals surface area contributed by atoms with Crippen molar-refractivity contribution in [2.24, 2.45) is 5.92 Å². The highest BCUT2D eigenvalue weighted by molar-refractivity contribution is 7.89. The second kappa shape index (κ2) is 6.56. The van der Waals surface area contributed by atoms with Gasteiger partial charge in [0.1, 0.15) is 0 Å². The fourth-order valence-corrected chi connectivity index (χ4v) is 5.57. The first-order valence-electron chi connectivity index (χ1n) is 7.25. The van der Waals surface area contributed by atoms with Crippen molar-refractivity contribution in [1.29, 1.82) is 0 Å². The van der Waals surface area contributed by atoms with Crippen molar-refractivity contribution < 1.29 is 8.42 Å². The third kappa shape index (κ3) is 3.42. The molecule has 2 heterocycles. The van der Waals surface area contributed by atoms with Crippen LogP contribution in [0.3, 0.4) is 0 Å². The van der Waals surface area contributed by atoms with Crippen LogP contribution in [-0.2, 0) is 16.6 Å². The molecule has 2 unspecified atom stereocenters. The quantitative estimate of drug-likeness (QED) is 0.908. The molecular formula is C14H24N2O2S2. The van der Waals surface area contributed by atoms with Crippen LogP contribution in [0.2, 0.25) is 0 Å². The number of rotatable bonds is 5. The van der Waals surface area contributed by atoms with Crippen LogP contribution in [0.25, 0.3) is 0 Å². The fraction of sp³-hybridized carbons (Fsp3) is 0.714. The molecule has 4 nitrogen and oxygen atoms in total. The molecule has 114 valence electrons. The summed E-state index contributed by atoms with van der Waals surface area (Å²) in [4.78, 5) is 1.53. The van der Waals surface area contributed by atoms with Crippen molar-refractivity contribution in [3.8, 4) is 0 Å². The molecule has 1 aliphatic heterocycles. The van der Waals surface area contributed by atoms with E-state index in [1.165, 1.54) is 11.3 Å². The van der Waals surface area contributed by atoms with Crippen molar-refractivity contribution in [3.63, 3.8) is 0 Å². The van der Waals surface area contributed by atoms with Gasteiger partial charge in [-0.2, -0.15) is 4.31 Å². The molecular weight excluding hydrogens is 292 g/mol. The minimum Gasteiger partial charge on any atom is -0.312 e. The third-order valence-electron chi connectivity index (χ3n) is 3.85. The van der Waals surface area contributed by atoms with Crippen molar-refractivity contribution in [3.05, 3.63) is 16.3 Å². The van der Waals surface area contributed by atoms with Gasteiger partial charge in [-0.15, -0.1) is 11.3 Å². The molecule has 2 rings (SSSR count). The number of hydrogen-bond acceptors (Lipinski definition) is 4. The Morgan fingerprint density at radius 1 is 1.40 bits per heavy atom. The van der Waals surface area contributed by atoms with Gasteiger partial charge in [0.05, 0.1) is 4.90 Å². The normalized spacial score (nSPS) is 24.9. The molecule has 1 aromatic rings. The smallest absolute Gasteiger partial charge is 0.244 e. The Morgan fingerprint density at radius 2 is 2.15 bits per heavy atom. The zero-order valence-electron chi connectivity index (χ0n) is 12.4. The Hall–Kier alpha value is -0.430. The molecule has 1 aromatic heterocycles. The van der Waals surface area contributed by atoms with E-state index in [9.17, 15) is 8.42 Å². The fourth-order valence-electron chi connectivity index (χ4n) is 2.56. The van der Waals surface area contributed by atoms with Gasteiger partial charge in [0.2, 0.25) is 10.0 Å². The summed E-state index contributed by atoms with van der Waals surface area (Å²) >= 11 is 1.51. The average Bonchev–Trinajstić information content (AvgIpc) is 2.88. The molecule has 0 aliphatic carbocycles. The number of nitrogens with one attached hydrogen (secondary N) is 1. The molecule has 0 bridgehead atoms. The summed E-state index contributed by atoms with van der Waals surface area (Å²) in [5.41, 5.74) is 0. The molecule has 0 saturated carbocycles. The molecule has 0 amide bonds. The molecule has 2 atom stereocenters. The number of sulfonamides is 1. The van der Waals surface area contributed by atoms with Crippen molar-refractivity contribution in [2.75, 3.05) is 13.1 Å². The van der Waals surface area contributed by atoms with Crippen LogP contribution >= 0.6 is 11.3 Å². The predicted molar refractivity (Wildman–Crippen MR) is 83.5 cm³/mol. The molecule has 1 saturated heterocycles. The first-order chi connectivity index (χ1) is 9.45. The maximum atomic E-state index is 12.7. The van der Waals surface area contributed by atoms with Crippen LogP contribution in [0, 0.1) is 5.92 Å². The maximum Gasteiger partial charge on any atom is 0.244 e. The summed E-state index contributed by atoms with van der Waals surface area (Å²) in [6.45, 7) is 8.45. The number of hydrogen-bond donors (Lipinski definition) is 1. The van der Waals surface area contributed by atoms with E-state index in [-0.39, 0.29) is 6.04 Å². The zero-order valence-corrected chi connectivity index (χ0v) is 14.1. The highest BCUT2D eigenvalue weighted by atomic mass is 32.2. The highest BCUT2D eigenvalue weighted by Gasteiger charge is 2.33. The third-order valence-corrected chi connectivity index (χ3v) is 6.89. The Kier molecular flexibility index (Phi) is 5.23. The minimum atomic E-state index is -3.33. The lowest BCUT2D eigenvalue weighted by Crippen LogP contribution is -2.44. The van der Waals surface area contributed by atoms with Gasteiger partial charge < -0.3 is 5.32 Å². The molecule has 1 fully saturated rings. The van der Waals surface area contributed by atoms with Gasteiger partial charge in [-0.25, -0.2) is 8.42 Å². The topological polar surface area (TPSA) is 49.4 Å². The second-order valence-corrected chi connectivity index (χ2v) is 8.52. The Balaban J connectivity index is 2.18. The molecule has 1 aliphatic rings. The SMILES string of the molecule is CCNCc1cc(S(=O)(=O)N2CC(C)CCC2C)cs1. The first kappa shape index (κ1) is 15.9. The number of thiophene rings is 1. The van der Waals surface area contributed by atoms with Gasteiger partial charge >= 0.3 is 0 Å². The van der Waals surface area contributed by atoms with Crippen LogP contribution in [0.1, 0.15) is 38.5 Å². The first-order valence-corrected chi connectivity index (χ1v) is 9.57. The van der Waals surface area contributed by atoms with E-state index in [2.05, 4.69) is 12.2 Å². The number of nitrogens with zero attached hydrogens (tertiary/aromatic N) is 1. The molecule has 1 N–H and O–H groups in total. The van der Waals surface area contributed by atoms with Crippen molar-refractivity contribution >= 4 is 21.4 Å². The van der Waals surface area contributed by atoms with Gasteiger partial charge in [-0.05, 0) is 38.3 Å². The Labute approximate surface area is 126 Å². The average molecular weight is 316 g/mol. The van der Waals surface area contributed by atoms with Gasteiger partial charge in [0.25, 0.3) is 0 Å². The van der Waals surface area contributed by atoms with Crippen molar-refractivity contribution in [1.82, 2.24) is 9.62 Å². The standard InChI is InChI=1S/C14H24N2O2S2/c1-4-15-8-13-7-14(10-19-13)20(17,18)16-9-11(2)5-6-12(16)3/h7,10-12,15H,4-6,8-9H2,1-3H3. The summed E-state index contributed by atoms with van der Waals surface area (Å²) in [6.07, 6.45) is 2.07. The highest BCUT2D eigenvalue weighted by Crippen LogP contribution is 2.29. The van der Waals surface area contributed by atoms with E-state index in [1.807, 2.05) is 19.9 Å². The maximum absolute atomic E-state index is 12.7. The minimum absolute atomic E-state index is 0.105. The lowest BCUT2D eigenvalue weighted by Gasteiger charge is -2.35. The van der Waals surface area contributed by atoms with Gasteiger partial charge in [-0.1, -0.05) is 13.8 Å². The summed E-state index contributed by atoms with van der Waals surface area (Å²) in [7, 11) is -3.33. The van der Waals surface area contributed by atoms with E-state index >= 15 is 0 Å². The largest absolute Gasteiger partial charge is 0.312 e. The summed E-state index contributed by atoms with van der Waals surface area (Å²) in [5, 5.41) is 5.00. The van der Waals surface area contributed by atoms with Gasteiger partial charge in [-0.3, -0.25) is 0 Å². The van der Waals surface area contributed by atoms with E-state index in [0.717, 1.165) is 30.8 Å².